The molecule has 0 aliphatic carbocycles. The number of hydroxylamine groups is 1. The van der Waals surface area contributed by atoms with Crippen LogP contribution in [0.2, 0.25) is 0 Å². The van der Waals surface area contributed by atoms with E-state index in [0.29, 0.717) is 29.9 Å². The van der Waals surface area contributed by atoms with Crippen molar-refractivity contribution in [1.82, 2.24) is 10.1 Å². The van der Waals surface area contributed by atoms with Gasteiger partial charge in [0.2, 0.25) is 5.91 Å². The maximum Gasteiger partial charge on any atom is 0.351 e. The van der Waals surface area contributed by atoms with E-state index in [2.05, 4.69) is 4.90 Å². The van der Waals surface area contributed by atoms with Crippen LogP contribution < -0.4 is 14.5 Å². The second-order valence-corrected chi connectivity index (χ2v) is 8.85. The quantitative estimate of drug-likeness (QED) is 0.415. The van der Waals surface area contributed by atoms with Crippen LogP contribution in [0.25, 0.3) is 0 Å². The summed E-state index contributed by atoms with van der Waals surface area (Å²) in [5.74, 6) is -1.46. The third-order valence-corrected chi connectivity index (χ3v) is 5.89. The van der Waals surface area contributed by atoms with Crippen molar-refractivity contribution >= 4 is 23.5 Å². The Hall–Kier alpha value is -3.89. The standard InChI is InChI=1S/C26H29N3O7/c1-27(2)14-5-15-34-20-10-8-19(9-11-20)28-23(30)16-18-17-35-22-7-4-3-6-21(22)26(18)29(28)36-25(33)13-12-24(31)32/h3-4,6-13,18,26H,5,14-17H2,1-2H3,(H,31,32)/b13-12+. The van der Waals surface area contributed by atoms with E-state index in [1.165, 1.54) is 10.2 Å². The Morgan fingerprint density at radius 1 is 1.14 bits per heavy atom. The highest BCUT2D eigenvalue weighted by Crippen LogP contribution is 2.45. The summed E-state index contributed by atoms with van der Waals surface area (Å²) in [7, 11) is 4.00. The van der Waals surface area contributed by atoms with Gasteiger partial charge < -0.3 is 24.3 Å². The number of anilines is 1. The molecule has 1 N–H and O–H groups in total. The fourth-order valence-corrected chi connectivity index (χ4v) is 4.28. The molecule has 2 aliphatic rings. The molecule has 0 aromatic heterocycles. The smallest absolute Gasteiger partial charge is 0.351 e. The van der Waals surface area contributed by atoms with Gasteiger partial charge in [0.05, 0.1) is 18.9 Å². The van der Waals surface area contributed by atoms with Gasteiger partial charge in [-0.25, -0.2) is 14.6 Å². The number of rotatable bonds is 9. The van der Waals surface area contributed by atoms with Crippen molar-refractivity contribution in [2.24, 2.45) is 5.92 Å². The highest BCUT2D eigenvalue weighted by Gasteiger charge is 2.47. The molecule has 2 aliphatic heterocycles. The van der Waals surface area contributed by atoms with E-state index in [0.717, 1.165) is 24.6 Å². The molecule has 1 amide bonds. The molecule has 2 heterocycles. The third kappa shape index (κ3) is 5.84. The van der Waals surface area contributed by atoms with Crippen LogP contribution in [0.4, 0.5) is 5.69 Å². The molecule has 10 heteroatoms. The van der Waals surface area contributed by atoms with Gasteiger partial charge in [-0.05, 0) is 56.0 Å². The number of fused-ring (bicyclic) bond motifs is 3. The van der Waals surface area contributed by atoms with Crippen LogP contribution >= 0.6 is 0 Å². The minimum atomic E-state index is -1.28. The number of ether oxygens (including phenoxy) is 2. The van der Waals surface area contributed by atoms with Crippen LogP contribution in [0.15, 0.2) is 60.7 Å². The minimum absolute atomic E-state index is 0.181. The first-order valence-corrected chi connectivity index (χ1v) is 11.7. The van der Waals surface area contributed by atoms with Crippen molar-refractivity contribution in [3.05, 3.63) is 66.2 Å². The number of carboxylic acid groups (broad SMARTS) is 1. The second-order valence-electron chi connectivity index (χ2n) is 8.85. The molecule has 2 aromatic rings. The van der Waals surface area contributed by atoms with Crippen molar-refractivity contribution in [2.75, 3.05) is 38.9 Å². The molecule has 1 saturated heterocycles. The van der Waals surface area contributed by atoms with Gasteiger partial charge in [0.25, 0.3) is 0 Å². The van der Waals surface area contributed by atoms with Crippen LogP contribution in [0.1, 0.15) is 24.4 Å². The largest absolute Gasteiger partial charge is 0.494 e. The molecule has 0 spiro atoms. The van der Waals surface area contributed by atoms with Crippen molar-refractivity contribution in [2.45, 2.75) is 18.9 Å². The average molecular weight is 496 g/mol. The Labute approximate surface area is 209 Å². The topological polar surface area (TPSA) is 109 Å². The number of hydrogen-bond donors (Lipinski definition) is 1. The van der Waals surface area contributed by atoms with Crippen molar-refractivity contribution in [3.63, 3.8) is 0 Å². The average Bonchev–Trinajstić information content (AvgIpc) is 2.85. The summed E-state index contributed by atoms with van der Waals surface area (Å²) in [5.41, 5.74) is 1.25. The Kier molecular flexibility index (Phi) is 7.87. The van der Waals surface area contributed by atoms with Gasteiger partial charge in [0, 0.05) is 36.6 Å². The first kappa shape index (κ1) is 25.2. The maximum atomic E-state index is 13.3. The Morgan fingerprint density at radius 3 is 2.61 bits per heavy atom. The number of aliphatic carboxylic acids is 1. The molecule has 10 nitrogen and oxygen atoms in total. The van der Waals surface area contributed by atoms with E-state index in [9.17, 15) is 14.4 Å². The number of hydrogen-bond acceptors (Lipinski definition) is 8. The first-order chi connectivity index (χ1) is 17.3. The Balaban J connectivity index is 1.62. The van der Waals surface area contributed by atoms with E-state index in [-0.39, 0.29) is 24.9 Å². The predicted octanol–water partition coefficient (Wildman–Crippen LogP) is 2.82. The SMILES string of the molecule is CN(C)CCCOc1ccc(N2C(=O)CC3COc4ccccc4C3N2OC(=O)/C=C/C(=O)O)cc1. The number of nitrogens with zero attached hydrogens (tertiary/aromatic N) is 3. The van der Waals surface area contributed by atoms with E-state index in [1.807, 2.05) is 38.4 Å². The zero-order chi connectivity index (χ0) is 25.7. The molecule has 0 radical (unpaired) electrons. The number of benzene rings is 2. The van der Waals surface area contributed by atoms with E-state index in [1.54, 1.807) is 24.3 Å². The van der Waals surface area contributed by atoms with Gasteiger partial charge in [-0.1, -0.05) is 18.2 Å². The van der Waals surface area contributed by atoms with Crippen molar-refractivity contribution in [1.29, 1.82) is 0 Å². The van der Waals surface area contributed by atoms with E-state index < -0.39 is 18.0 Å². The third-order valence-electron chi connectivity index (χ3n) is 5.89. The lowest BCUT2D eigenvalue weighted by molar-refractivity contribution is -0.219. The summed E-state index contributed by atoms with van der Waals surface area (Å²) in [5, 5.41) is 11.4. The predicted molar refractivity (Wildman–Crippen MR) is 130 cm³/mol. The highest BCUT2D eigenvalue weighted by atomic mass is 16.7. The number of para-hydroxylation sites is 1. The minimum Gasteiger partial charge on any atom is -0.494 e. The van der Waals surface area contributed by atoms with E-state index in [4.69, 9.17) is 19.4 Å². The Bertz CT molecular complexity index is 1130. The number of amides is 1. The lowest BCUT2D eigenvalue weighted by Gasteiger charge is -2.47. The normalized spacial score (nSPS) is 19.5. The summed E-state index contributed by atoms with van der Waals surface area (Å²) in [6.45, 7) is 1.74. The zero-order valence-electron chi connectivity index (χ0n) is 20.2. The van der Waals surface area contributed by atoms with Crippen molar-refractivity contribution in [3.8, 4) is 11.5 Å². The van der Waals surface area contributed by atoms with Gasteiger partial charge in [-0.2, -0.15) is 0 Å². The number of hydrazine groups is 1. The fourth-order valence-electron chi connectivity index (χ4n) is 4.28. The highest BCUT2D eigenvalue weighted by molar-refractivity contribution is 5.94. The summed E-state index contributed by atoms with van der Waals surface area (Å²) in [6.07, 6.45) is 2.55. The van der Waals surface area contributed by atoms with Gasteiger partial charge in [0.1, 0.15) is 17.5 Å². The lowest BCUT2D eigenvalue weighted by atomic mass is 9.86. The summed E-state index contributed by atoms with van der Waals surface area (Å²) >= 11 is 0. The number of carbonyl (C=O) groups excluding carboxylic acids is 2. The molecule has 2 atom stereocenters. The van der Waals surface area contributed by atoms with Gasteiger partial charge >= 0.3 is 11.9 Å². The van der Waals surface area contributed by atoms with Crippen LogP contribution in [-0.2, 0) is 19.2 Å². The van der Waals surface area contributed by atoms with Crippen LogP contribution in [0.5, 0.6) is 11.5 Å². The molecular weight excluding hydrogens is 466 g/mol. The monoisotopic (exact) mass is 495 g/mol. The molecule has 1 fully saturated rings. The summed E-state index contributed by atoms with van der Waals surface area (Å²) in [4.78, 5) is 44.4. The summed E-state index contributed by atoms with van der Waals surface area (Å²) in [6, 6.07) is 13.8. The molecule has 0 saturated carbocycles. The van der Waals surface area contributed by atoms with Gasteiger partial charge in [-0.15, -0.1) is 0 Å². The molecule has 2 aromatic carbocycles. The van der Waals surface area contributed by atoms with Gasteiger partial charge in [0.15, 0.2) is 0 Å². The van der Waals surface area contributed by atoms with Crippen LogP contribution in [0, 0.1) is 5.92 Å². The first-order valence-electron chi connectivity index (χ1n) is 11.7. The maximum absolute atomic E-state index is 13.3. The fraction of sp³-hybridized carbons (Fsp3) is 0.346. The summed E-state index contributed by atoms with van der Waals surface area (Å²) < 4.78 is 11.6. The second kappa shape index (κ2) is 11.2. The van der Waals surface area contributed by atoms with Crippen LogP contribution in [0.3, 0.4) is 0 Å². The molecule has 2 unspecified atom stereocenters. The lowest BCUT2D eigenvalue weighted by Crippen LogP contribution is -2.57. The number of carbonyl (C=O) groups is 3. The van der Waals surface area contributed by atoms with Crippen molar-refractivity contribution < 1.29 is 33.8 Å². The zero-order valence-corrected chi connectivity index (χ0v) is 20.2. The molecular formula is C26H29N3O7. The molecule has 36 heavy (non-hydrogen) atoms. The Morgan fingerprint density at radius 2 is 1.89 bits per heavy atom. The number of carboxylic acids is 1. The molecule has 4 rings (SSSR count). The molecule has 190 valence electrons. The van der Waals surface area contributed by atoms with Crippen LogP contribution in [-0.4, -0.2) is 66.9 Å². The van der Waals surface area contributed by atoms with E-state index >= 15 is 0 Å². The van der Waals surface area contributed by atoms with Gasteiger partial charge in [-0.3, -0.25) is 4.79 Å². The molecule has 0 bridgehead atoms.